The zero-order valence-corrected chi connectivity index (χ0v) is 24.3. The maximum absolute atomic E-state index is 6.27. The topological polar surface area (TPSA) is 51.8 Å². The Kier molecular flexibility index (Phi) is 5.64. The lowest BCUT2D eigenvalue weighted by Gasteiger charge is -2.12. The van der Waals surface area contributed by atoms with E-state index in [9.17, 15) is 0 Å². The van der Waals surface area contributed by atoms with Gasteiger partial charge in [0.25, 0.3) is 0 Å². The maximum atomic E-state index is 6.27. The van der Waals surface area contributed by atoms with Crippen LogP contribution < -0.4 is 0 Å². The van der Waals surface area contributed by atoms with Crippen LogP contribution in [0.3, 0.4) is 0 Å². The molecule has 3 heterocycles. The predicted molar refractivity (Wildman–Crippen MR) is 182 cm³/mol. The summed E-state index contributed by atoms with van der Waals surface area (Å²) < 4.78 is 8.69. The third kappa shape index (κ3) is 3.94. The Labute approximate surface area is 256 Å². The Bertz CT molecular complexity index is 2440. The van der Waals surface area contributed by atoms with E-state index in [0.29, 0.717) is 17.5 Å². The Balaban J connectivity index is 1.35. The predicted octanol–water partition coefficient (Wildman–Crippen LogP) is 10.8. The van der Waals surface area contributed by atoms with Crippen molar-refractivity contribution in [3.8, 4) is 45.3 Å². The van der Waals surface area contributed by atoms with Crippen molar-refractivity contribution >= 4 is 53.4 Å². The molecule has 5 heteroatoms. The minimum absolute atomic E-state index is 0.654. The molecule has 4 nitrogen and oxygen atoms in total. The molecule has 0 unspecified atom stereocenters. The maximum Gasteiger partial charge on any atom is 0.164 e. The van der Waals surface area contributed by atoms with E-state index in [0.717, 1.165) is 49.6 Å². The van der Waals surface area contributed by atoms with Gasteiger partial charge in [0.1, 0.15) is 11.2 Å². The van der Waals surface area contributed by atoms with Crippen LogP contribution in [-0.4, -0.2) is 15.0 Å². The normalized spacial score (nSPS) is 11.6. The Morgan fingerprint density at radius 3 is 1.75 bits per heavy atom. The zero-order valence-electron chi connectivity index (χ0n) is 23.4. The van der Waals surface area contributed by atoms with Gasteiger partial charge in [-0.25, -0.2) is 15.0 Å². The van der Waals surface area contributed by atoms with Gasteiger partial charge in [-0.1, -0.05) is 115 Å². The molecule has 0 N–H and O–H groups in total. The van der Waals surface area contributed by atoms with Crippen LogP contribution in [0.25, 0.3) is 87.4 Å². The monoisotopic (exact) mass is 581 g/mol. The molecule has 206 valence electrons. The highest BCUT2D eigenvalue weighted by atomic mass is 32.1. The number of furan rings is 1. The average molecular weight is 582 g/mol. The van der Waals surface area contributed by atoms with Crippen molar-refractivity contribution in [2.45, 2.75) is 0 Å². The van der Waals surface area contributed by atoms with Gasteiger partial charge in [0, 0.05) is 53.2 Å². The number of thiophene rings is 1. The number of nitrogens with zero attached hydrogens (tertiary/aromatic N) is 3. The van der Waals surface area contributed by atoms with Gasteiger partial charge in [0.15, 0.2) is 17.5 Å². The molecular weight excluding hydrogens is 559 g/mol. The standard InChI is InChI=1S/C39H23N3OS/c1-3-12-24(13-4-1)37-40-38(25-14-5-2-6-15-25)42-39(41-37)30-23-22-27(36-35(30)29-17-8-10-21-33(29)44-36)26-18-11-20-32-34(26)28-16-7-9-19-31(28)43-32/h1-23H. The first-order chi connectivity index (χ1) is 21.8. The van der Waals surface area contributed by atoms with E-state index >= 15 is 0 Å². The van der Waals surface area contributed by atoms with Crippen LogP contribution in [0.1, 0.15) is 0 Å². The van der Waals surface area contributed by atoms with Crippen molar-refractivity contribution in [2.24, 2.45) is 0 Å². The Morgan fingerprint density at radius 2 is 1.00 bits per heavy atom. The van der Waals surface area contributed by atoms with Crippen molar-refractivity contribution < 1.29 is 4.42 Å². The summed E-state index contributed by atoms with van der Waals surface area (Å²) in [6.07, 6.45) is 0. The summed E-state index contributed by atoms with van der Waals surface area (Å²) in [5, 5.41) is 4.59. The van der Waals surface area contributed by atoms with Crippen LogP contribution in [0, 0.1) is 0 Å². The molecule has 0 amide bonds. The Hall–Kier alpha value is -5.65. The molecule has 44 heavy (non-hydrogen) atoms. The summed E-state index contributed by atoms with van der Waals surface area (Å²) in [6, 6.07) is 47.8. The number of para-hydroxylation sites is 1. The van der Waals surface area contributed by atoms with Gasteiger partial charge in [0.2, 0.25) is 0 Å². The zero-order chi connectivity index (χ0) is 29.0. The van der Waals surface area contributed by atoms with Gasteiger partial charge < -0.3 is 4.42 Å². The van der Waals surface area contributed by atoms with Gasteiger partial charge in [-0.15, -0.1) is 11.3 Å². The number of rotatable bonds is 4. The third-order valence-electron chi connectivity index (χ3n) is 8.16. The molecule has 0 aliphatic rings. The quantitative estimate of drug-likeness (QED) is 0.207. The molecule has 9 rings (SSSR count). The van der Waals surface area contributed by atoms with E-state index in [1.807, 2.05) is 84.1 Å². The molecule has 0 saturated heterocycles. The highest BCUT2D eigenvalue weighted by Gasteiger charge is 2.21. The SMILES string of the molecule is c1ccc(-c2nc(-c3ccccc3)nc(-c3ccc(-c4cccc5oc6ccccc6c45)c4sc5ccccc5c34)n2)cc1. The summed E-state index contributed by atoms with van der Waals surface area (Å²) in [7, 11) is 0. The molecule has 0 spiro atoms. The lowest BCUT2D eigenvalue weighted by Crippen LogP contribution is -2.00. The molecule has 6 aromatic carbocycles. The van der Waals surface area contributed by atoms with E-state index in [4.69, 9.17) is 19.4 Å². The van der Waals surface area contributed by atoms with Crippen LogP contribution in [0.4, 0.5) is 0 Å². The van der Waals surface area contributed by atoms with E-state index in [2.05, 4.69) is 66.7 Å². The van der Waals surface area contributed by atoms with Gasteiger partial charge in [0.05, 0.1) is 0 Å². The van der Waals surface area contributed by atoms with Crippen LogP contribution >= 0.6 is 11.3 Å². The van der Waals surface area contributed by atoms with Crippen molar-refractivity contribution in [3.05, 3.63) is 140 Å². The molecule has 0 aliphatic heterocycles. The number of hydrogen-bond acceptors (Lipinski definition) is 5. The minimum atomic E-state index is 0.654. The highest BCUT2D eigenvalue weighted by molar-refractivity contribution is 7.26. The largest absolute Gasteiger partial charge is 0.456 e. The first-order valence-corrected chi connectivity index (χ1v) is 15.4. The van der Waals surface area contributed by atoms with Crippen molar-refractivity contribution in [1.82, 2.24) is 15.0 Å². The van der Waals surface area contributed by atoms with E-state index in [-0.39, 0.29) is 0 Å². The molecular formula is C39H23N3OS. The third-order valence-corrected chi connectivity index (χ3v) is 9.36. The number of fused-ring (bicyclic) bond motifs is 6. The van der Waals surface area contributed by atoms with E-state index in [1.54, 1.807) is 0 Å². The van der Waals surface area contributed by atoms with Crippen molar-refractivity contribution in [1.29, 1.82) is 0 Å². The number of aromatic nitrogens is 3. The summed E-state index contributed by atoms with van der Waals surface area (Å²) in [5.41, 5.74) is 7.00. The van der Waals surface area contributed by atoms with Crippen LogP contribution in [0.5, 0.6) is 0 Å². The van der Waals surface area contributed by atoms with Crippen molar-refractivity contribution in [3.63, 3.8) is 0 Å². The molecule has 0 aliphatic carbocycles. The first kappa shape index (κ1) is 24.9. The second-order valence-electron chi connectivity index (χ2n) is 10.8. The molecule has 3 aromatic heterocycles. The minimum Gasteiger partial charge on any atom is -0.456 e. The number of hydrogen-bond donors (Lipinski definition) is 0. The van der Waals surface area contributed by atoms with Crippen LogP contribution in [-0.2, 0) is 0 Å². The van der Waals surface area contributed by atoms with Crippen LogP contribution in [0.15, 0.2) is 144 Å². The smallest absolute Gasteiger partial charge is 0.164 e. The fraction of sp³-hybridized carbons (Fsp3) is 0. The first-order valence-electron chi connectivity index (χ1n) is 14.5. The lowest BCUT2D eigenvalue weighted by atomic mass is 9.95. The lowest BCUT2D eigenvalue weighted by molar-refractivity contribution is 0.669. The van der Waals surface area contributed by atoms with Gasteiger partial charge >= 0.3 is 0 Å². The molecule has 9 aromatic rings. The summed E-state index contributed by atoms with van der Waals surface area (Å²) >= 11 is 1.81. The fourth-order valence-corrected chi connectivity index (χ4v) is 7.41. The molecule has 0 saturated carbocycles. The molecule has 0 bridgehead atoms. The molecule has 0 fully saturated rings. The average Bonchev–Trinajstić information content (AvgIpc) is 3.68. The second kappa shape index (κ2) is 9.97. The van der Waals surface area contributed by atoms with E-state index in [1.165, 1.54) is 20.3 Å². The van der Waals surface area contributed by atoms with Gasteiger partial charge in [-0.3, -0.25) is 0 Å². The molecule has 0 atom stereocenters. The molecule has 0 radical (unpaired) electrons. The van der Waals surface area contributed by atoms with Gasteiger partial charge in [-0.2, -0.15) is 0 Å². The fourth-order valence-electron chi connectivity index (χ4n) is 6.15. The number of benzene rings is 6. The summed E-state index contributed by atoms with van der Waals surface area (Å²) in [4.78, 5) is 15.1. The summed E-state index contributed by atoms with van der Waals surface area (Å²) in [6.45, 7) is 0. The van der Waals surface area contributed by atoms with Crippen molar-refractivity contribution in [2.75, 3.05) is 0 Å². The Morgan fingerprint density at radius 1 is 0.409 bits per heavy atom. The van der Waals surface area contributed by atoms with Gasteiger partial charge in [-0.05, 0) is 29.8 Å². The highest BCUT2D eigenvalue weighted by Crippen LogP contribution is 2.47. The van der Waals surface area contributed by atoms with E-state index < -0.39 is 0 Å². The second-order valence-corrected chi connectivity index (χ2v) is 11.8. The van der Waals surface area contributed by atoms with Crippen LogP contribution in [0.2, 0.25) is 0 Å². The summed E-state index contributed by atoms with van der Waals surface area (Å²) in [5.74, 6) is 1.96.